The third kappa shape index (κ3) is 4.21. The minimum absolute atomic E-state index is 1.19. The average molecular weight is 614 g/mol. The molecule has 0 aliphatic carbocycles. The summed E-state index contributed by atoms with van der Waals surface area (Å²) in [7, 11) is 0. The van der Waals surface area contributed by atoms with Gasteiger partial charge in [0.1, 0.15) is 0 Å². The molecule has 0 fully saturated rings. The van der Waals surface area contributed by atoms with Gasteiger partial charge in [-0.1, -0.05) is 0 Å². The molecule has 178 valence electrons. The van der Waals surface area contributed by atoms with E-state index in [1.54, 1.807) is 0 Å². The number of alkyl halides is 17. The van der Waals surface area contributed by atoms with Gasteiger partial charge in [0, 0.05) is 0 Å². The first-order chi connectivity index (χ1) is 12.7. The van der Waals surface area contributed by atoms with Gasteiger partial charge in [-0.25, -0.2) is 8.78 Å². The monoisotopic (exact) mass is 612 g/mol. The Morgan fingerprint density at radius 2 is 0.600 bits per heavy atom. The molecular weight excluding hydrogens is 614 g/mol. The molecule has 0 N–H and O–H groups in total. The molecule has 0 amide bonds. The van der Waals surface area contributed by atoms with Gasteiger partial charge in [0.05, 0.1) is 6.43 Å². The molecular formula is C9BrF19Zn. The minimum atomic E-state index is -8.85. The predicted octanol–water partition coefficient (Wildman–Crippen LogP) is 7.27. The zero-order valence-corrected chi connectivity index (χ0v) is 17.3. The van der Waals surface area contributed by atoms with Crippen molar-refractivity contribution >= 4 is 13.6 Å². The molecule has 0 spiro atoms. The van der Waals surface area contributed by atoms with Crippen molar-refractivity contribution in [2.75, 3.05) is 0 Å². The summed E-state index contributed by atoms with van der Waals surface area (Å²) in [5, 5.41) is 0. The van der Waals surface area contributed by atoms with Gasteiger partial charge in [-0.3, -0.25) is 0 Å². The van der Waals surface area contributed by atoms with E-state index >= 15 is 0 Å². The molecule has 0 bridgehead atoms. The molecule has 0 heterocycles. The Labute approximate surface area is 168 Å². The van der Waals surface area contributed by atoms with E-state index in [1.165, 1.54) is 16.3 Å². The van der Waals surface area contributed by atoms with E-state index in [1.807, 2.05) is 0 Å². The summed E-state index contributed by atoms with van der Waals surface area (Å²) in [5.74, 6) is -59.4. The number of rotatable bonds is 7. The Balaban J connectivity index is 0. The third-order valence-electron chi connectivity index (χ3n) is 2.96. The molecule has 0 nitrogen and oxygen atoms in total. The molecule has 21 heteroatoms. The van der Waals surface area contributed by atoms with Crippen molar-refractivity contribution in [2.24, 2.45) is 0 Å². The van der Waals surface area contributed by atoms with Gasteiger partial charge in [0.2, 0.25) is 0 Å². The Hall–Kier alpha value is -0.227. The second-order valence-electron chi connectivity index (χ2n) is 4.78. The zero-order valence-electron chi connectivity index (χ0n) is 12.8. The molecule has 0 aliphatic heterocycles. The van der Waals surface area contributed by atoms with Crippen LogP contribution in [-0.2, 0) is 16.3 Å². The van der Waals surface area contributed by atoms with E-state index in [2.05, 4.69) is 13.6 Å². The molecule has 30 heavy (non-hydrogen) atoms. The predicted molar refractivity (Wildman–Crippen MR) is 55.1 cm³/mol. The summed E-state index contributed by atoms with van der Waals surface area (Å²) in [5.41, 5.74) is 0. The van der Waals surface area contributed by atoms with Gasteiger partial charge in [0.15, 0.2) is 0 Å². The third-order valence-corrected chi connectivity index (χ3v) is 2.96. The van der Waals surface area contributed by atoms with Crippen LogP contribution in [0, 0.1) is 6.43 Å². The van der Waals surface area contributed by atoms with Crippen LogP contribution in [0.15, 0.2) is 0 Å². The fourth-order valence-corrected chi connectivity index (χ4v) is 1.28. The van der Waals surface area contributed by atoms with E-state index in [0.717, 1.165) is 0 Å². The first kappa shape index (κ1) is 32.0. The summed E-state index contributed by atoms with van der Waals surface area (Å²) < 4.78 is 236. The van der Waals surface area contributed by atoms with Crippen LogP contribution >= 0.6 is 13.6 Å². The van der Waals surface area contributed by atoms with Gasteiger partial charge in [0.25, 0.3) is 5.92 Å². The van der Waals surface area contributed by atoms with Crippen molar-refractivity contribution in [3.05, 3.63) is 6.43 Å². The molecule has 0 unspecified atom stereocenters. The van der Waals surface area contributed by atoms with Crippen LogP contribution in [0.3, 0.4) is 0 Å². The Bertz CT molecular complexity index is 577. The Morgan fingerprint density at radius 3 is 0.800 bits per heavy atom. The summed E-state index contributed by atoms with van der Waals surface area (Å²) in [6.07, 6.45) is -13.0. The quantitative estimate of drug-likeness (QED) is 0.161. The second kappa shape index (κ2) is 8.61. The van der Waals surface area contributed by atoms with E-state index in [-0.39, 0.29) is 0 Å². The average Bonchev–Trinajstić information content (AvgIpc) is 2.54. The van der Waals surface area contributed by atoms with Crippen molar-refractivity contribution < 1.29 is 99.8 Å². The SMILES string of the molecule is F[C-](F)C(F)(F)C(F)(F)C(F)(F)C(F)(F)C(F)(F)C(F)(F)C(F)(F)C(F)(F)F.[Zn+][Br]. The molecule has 0 aliphatic rings. The van der Waals surface area contributed by atoms with Gasteiger partial charge in [-0.05, 0) is 0 Å². The van der Waals surface area contributed by atoms with Crippen molar-refractivity contribution in [3.63, 3.8) is 0 Å². The molecule has 0 aromatic heterocycles. The molecule has 0 aromatic rings. The normalized spacial score (nSPS) is 15.8. The molecule has 0 saturated heterocycles. The van der Waals surface area contributed by atoms with E-state index in [9.17, 15) is 83.4 Å². The van der Waals surface area contributed by atoms with E-state index in [4.69, 9.17) is 0 Å². The van der Waals surface area contributed by atoms with Crippen molar-refractivity contribution in [1.82, 2.24) is 0 Å². The summed E-state index contributed by atoms with van der Waals surface area (Å²) in [6.45, 7) is 0. The van der Waals surface area contributed by atoms with E-state index in [0.29, 0.717) is 0 Å². The van der Waals surface area contributed by atoms with Crippen LogP contribution in [-0.4, -0.2) is 47.6 Å². The molecule has 0 saturated carbocycles. The Morgan fingerprint density at radius 1 is 0.400 bits per heavy atom. The van der Waals surface area contributed by atoms with Gasteiger partial charge in [-0.15, -0.1) is 0 Å². The van der Waals surface area contributed by atoms with Crippen molar-refractivity contribution in [3.8, 4) is 0 Å². The van der Waals surface area contributed by atoms with Crippen molar-refractivity contribution in [1.29, 1.82) is 0 Å². The van der Waals surface area contributed by atoms with E-state index < -0.39 is 54.1 Å². The summed E-state index contributed by atoms with van der Waals surface area (Å²) >= 11 is 4.25. The number of halogens is 20. The zero-order chi connectivity index (χ0) is 25.6. The van der Waals surface area contributed by atoms with Crippen molar-refractivity contribution in [2.45, 2.75) is 47.6 Å². The van der Waals surface area contributed by atoms with Crippen LogP contribution in [0.4, 0.5) is 83.4 Å². The standard InChI is InChI=1S/C9F19.BrH.Zn/c10-1(11)2(12,13)3(14,15)4(16,17)5(18,19)6(20,21)7(22,23)8(24,25)9(26,27)28;;/h;1H;/q-1;;+2/p-1. The molecule has 0 radical (unpaired) electrons. The molecule has 0 rings (SSSR count). The Kier molecular flexibility index (Phi) is 9.17. The van der Waals surface area contributed by atoms with Crippen LogP contribution in [0.25, 0.3) is 0 Å². The van der Waals surface area contributed by atoms with Crippen LogP contribution in [0.2, 0.25) is 0 Å². The van der Waals surface area contributed by atoms with Gasteiger partial charge < -0.3 is 8.78 Å². The molecule has 0 atom stereocenters. The first-order valence-corrected chi connectivity index (χ1v) is 12.8. The maximum atomic E-state index is 12.9. The molecule has 0 aromatic carbocycles. The first-order valence-electron chi connectivity index (χ1n) is 5.86. The van der Waals surface area contributed by atoms with Gasteiger partial charge >= 0.3 is 71.7 Å². The van der Waals surface area contributed by atoms with Gasteiger partial charge in [-0.2, -0.15) is 65.9 Å². The summed E-state index contributed by atoms with van der Waals surface area (Å²) in [6, 6.07) is 0. The fraction of sp³-hybridized carbons (Fsp3) is 0.889. The van der Waals surface area contributed by atoms with Crippen LogP contribution in [0.1, 0.15) is 0 Å². The summed E-state index contributed by atoms with van der Waals surface area (Å²) in [4.78, 5) is 0. The van der Waals surface area contributed by atoms with Crippen LogP contribution < -0.4 is 0 Å². The maximum absolute atomic E-state index is 12.9. The second-order valence-corrected chi connectivity index (χ2v) is 4.78. The number of hydrogen-bond acceptors (Lipinski definition) is 0. The number of hydrogen-bond donors (Lipinski definition) is 0. The topological polar surface area (TPSA) is 0 Å². The fourth-order valence-electron chi connectivity index (χ4n) is 1.28. The van der Waals surface area contributed by atoms with Crippen LogP contribution in [0.5, 0.6) is 0 Å².